The van der Waals surface area contributed by atoms with Crippen LogP contribution >= 0.6 is 22.9 Å². The minimum absolute atomic E-state index is 0.0682. The first-order valence-corrected chi connectivity index (χ1v) is 8.86. The zero-order valence-electron chi connectivity index (χ0n) is 14.0. The van der Waals surface area contributed by atoms with E-state index in [2.05, 4.69) is 15.3 Å². The van der Waals surface area contributed by atoms with Crippen molar-refractivity contribution in [1.82, 2.24) is 9.97 Å². The van der Waals surface area contributed by atoms with E-state index in [0.717, 1.165) is 5.69 Å². The van der Waals surface area contributed by atoms with Crippen molar-refractivity contribution in [2.45, 2.75) is 13.1 Å². The van der Waals surface area contributed by atoms with Gasteiger partial charge in [-0.2, -0.15) is 13.2 Å². The molecule has 142 valence electrons. The normalized spacial score (nSPS) is 11.4. The summed E-state index contributed by atoms with van der Waals surface area (Å²) in [6.07, 6.45) is -3.16. The van der Waals surface area contributed by atoms with Crippen LogP contribution in [-0.4, -0.2) is 22.8 Å². The highest BCUT2D eigenvalue weighted by molar-refractivity contribution is 7.19. The molecule has 0 fully saturated rings. The molecule has 0 radical (unpaired) electrons. The van der Waals surface area contributed by atoms with E-state index in [1.165, 1.54) is 17.5 Å². The van der Waals surface area contributed by atoms with Crippen molar-refractivity contribution in [3.63, 3.8) is 0 Å². The number of rotatable bonds is 5. The molecule has 3 rings (SSSR count). The van der Waals surface area contributed by atoms with Gasteiger partial charge in [0.2, 0.25) is 0 Å². The lowest BCUT2D eigenvalue weighted by Gasteiger charge is -2.11. The van der Waals surface area contributed by atoms with Gasteiger partial charge in [-0.3, -0.25) is 4.98 Å². The number of anilines is 3. The van der Waals surface area contributed by atoms with Crippen molar-refractivity contribution < 1.29 is 17.9 Å². The van der Waals surface area contributed by atoms with Gasteiger partial charge in [-0.05, 0) is 42.8 Å². The van der Waals surface area contributed by atoms with Crippen LogP contribution in [0.4, 0.5) is 29.8 Å². The van der Waals surface area contributed by atoms with Crippen molar-refractivity contribution in [1.29, 1.82) is 0 Å². The number of pyridine rings is 1. The number of nitrogens with one attached hydrogen (secondary N) is 1. The summed E-state index contributed by atoms with van der Waals surface area (Å²) in [7, 11) is 0. The van der Waals surface area contributed by atoms with E-state index >= 15 is 0 Å². The molecule has 10 heteroatoms. The minimum Gasteiger partial charge on any atom is -0.482 e. The van der Waals surface area contributed by atoms with E-state index in [-0.39, 0.29) is 11.6 Å². The highest BCUT2D eigenvalue weighted by Gasteiger charge is 2.28. The number of nitrogen functional groups attached to an aromatic ring is 1. The standard InChI is InChI=1S/C17H14ClF3N4OS/c1-9-6-12(23-7-13(9)26-8-17(19,20)21)14-15(22)25-16(27-14)24-11-4-2-10(18)3-5-11/h2-7H,8,22H2,1H3,(H,24,25). The number of aromatic nitrogens is 2. The molecule has 0 aliphatic carbocycles. The Morgan fingerprint density at radius 3 is 2.59 bits per heavy atom. The summed E-state index contributed by atoms with van der Waals surface area (Å²) >= 11 is 7.14. The zero-order valence-corrected chi connectivity index (χ0v) is 15.5. The topological polar surface area (TPSA) is 73.1 Å². The zero-order chi connectivity index (χ0) is 19.6. The number of ether oxygens (including phenoxy) is 1. The molecular formula is C17H14ClF3N4OS. The lowest BCUT2D eigenvalue weighted by Crippen LogP contribution is -2.19. The third-order valence-corrected chi connectivity index (χ3v) is 4.70. The van der Waals surface area contributed by atoms with Crippen LogP contribution in [0.3, 0.4) is 0 Å². The van der Waals surface area contributed by atoms with Crippen molar-refractivity contribution in [3.05, 3.63) is 47.1 Å². The van der Waals surface area contributed by atoms with E-state index in [1.54, 1.807) is 37.3 Å². The van der Waals surface area contributed by atoms with E-state index in [0.29, 0.717) is 26.3 Å². The lowest BCUT2D eigenvalue weighted by atomic mass is 10.2. The largest absolute Gasteiger partial charge is 0.482 e. The van der Waals surface area contributed by atoms with Crippen LogP contribution in [0, 0.1) is 6.92 Å². The molecule has 2 heterocycles. The Morgan fingerprint density at radius 2 is 1.96 bits per heavy atom. The molecule has 27 heavy (non-hydrogen) atoms. The van der Waals surface area contributed by atoms with Crippen LogP contribution in [0.25, 0.3) is 10.6 Å². The van der Waals surface area contributed by atoms with Gasteiger partial charge in [0.05, 0.1) is 16.8 Å². The Balaban J connectivity index is 1.79. The molecule has 0 bridgehead atoms. The molecule has 0 saturated heterocycles. The quantitative estimate of drug-likeness (QED) is 0.582. The maximum absolute atomic E-state index is 12.3. The SMILES string of the molecule is Cc1cc(-c2sc(Nc3ccc(Cl)cc3)nc2N)ncc1OCC(F)(F)F. The first kappa shape index (κ1) is 19.2. The van der Waals surface area contributed by atoms with Gasteiger partial charge in [-0.15, -0.1) is 0 Å². The second-order valence-corrected chi connectivity index (χ2v) is 7.04. The van der Waals surface area contributed by atoms with Gasteiger partial charge in [0.25, 0.3) is 0 Å². The molecule has 0 unspecified atom stereocenters. The van der Waals surface area contributed by atoms with Crippen molar-refractivity contribution in [3.8, 4) is 16.3 Å². The summed E-state index contributed by atoms with van der Waals surface area (Å²) in [5.74, 6) is 0.339. The summed E-state index contributed by atoms with van der Waals surface area (Å²) in [4.78, 5) is 9.02. The first-order chi connectivity index (χ1) is 12.7. The fourth-order valence-corrected chi connectivity index (χ4v) is 3.20. The second-order valence-electron chi connectivity index (χ2n) is 5.60. The molecule has 0 atom stereocenters. The van der Waals surface area contributed by atoms with Gasteiger partial charge in [0.15, 0.2) is 11.7 Å². The second kappa shape index (κ2) is 7.61. The number of nitrogens with zero attached hydrogens (tertiary/aromatic N) is 2. The van der Waals surface area contributed by atoms with Crippen LogP contribution < -0.4 is 15.8 Å². The molecule has 0 spiro atoms. The van der Waals surface area contributed by atoms with Gasteiger partial charge >= 0.3 is 6.18 Å². The predicted molar refractivity (Wildman–Crippen MR) is 101 cm³/mol. The molecule has 1 aromatic carbocycles. The molecular weight excluding hydrogens is 401 g/mol. The van der Waals surface area contributed by atoms with E-state index in [9.17, 15) is 13.2 Å². The molecule has 3 N–H and O–H groups in total. The summed E-state index contributed by atoms with van der Waals surface area (Å²) in [6, 6.07) is 8.70. The van der Waals surface area contributed by atoms with Crippen molar-refractivity contribution >= 4 is 39.6 Å². The van der Waals surface area contributed by atoms with Gasteiger partial charge < -0.3 is 15.8 Å². The molecule has 0 aliphatic rings. The molecule has 0 saturated carbocycles. The van der Waals surface area contributed by atoms with E-state index in [4.69, 9.17) is 22.1 Å². The number of hydrogen-bond acceptors (Lipinski definition) is 6. The molecule has 0 aliphatic heterocycles. The van der Waals surface area contributed by atoms with Gasteiger partial charge in [0.1, 0.15) is 11.6 Å². The predicted octanol–water partition coefficient (Wildman–Crippen LogP) is 5.43. The van der Waals surface area contributed by atoms with Crippen LogP contribution in [0.15, 0.2) is 36.5 Å². The highest BCUT2D eigenvalue weighted by atomic mass is 35.5. The number of halogens is 4. The average molecular weight is 415 g/mol. The number of aryl methyl sites for hydroxylation is 1. The molecule has 0 amide bonds. The van der Waals surface area contributed by atoms with Crippen LogP contribution in [-0.2, 0) is 0 Å². The van der Waals surface area contributed by atoms with Gasteiger partial charge in [-0.1, -0.05) is 22.9 Å². The molecule has 3 aromatic rings. The number of benzene rings is 1. The molecule has 2 aromatic heterocycles. The van der Waals surface area contributed by atoms with Crippen LogP contribution in [0.1, 0.15) is 5.56 Å². The first-order valence-electron chi connectivity index (χ1n) is 7.67. The average Bonchev–Trinajstić information content (AvgIpc) is 2.95. The van der Waals surface area contributed by atoms with E-state index < -0.39 is 12.8 Å². The number of nitrogens with two attached hydrogens (primary N) is 1. The Kier molecular flexibility index (Phi) is 5.43. The number of thiazole rings is 1. The smallest absolute Gasteiger partial charge is 0.422 e. The van der Waals surface area contributed by atoms with Crippen molar-refractivity contribution in [2.24, 2.45) is 0 Å². The fraction of sp³-hybridized carbons (Fsp3) is 0.176. The summed E-state index contributed by atoms with van der Waals surface area (Å²) in [5, 5.41) is 4.29. The van der Waals surface area contributed by atoms with Crippen LogP contribution in [0.5, 0.6) is 5.75 Å². The third-order valence-electron chi connectivity index (χ3n) is 3.44. The lowest BCUT2D eigenvalue weighted by molar-refractivity contribution is -0.153. The van der Waals surface area contributed by atoms with Crippen LogP contribution in [0.2, 0.25) is 5.02 Å². The maximum Gasteiger partial charge on any atom is 0.422 e. The van der Waals surface area contributed by atoms with E-state index in [1.807, 2.05) is 0 Å². The Hall–Kier alpha value is -2.52. The highest BCUT2D eigenvalue weighted by Crippen LogP contribution is 2.36. The Bertz CT molecular complexity index is 944. The van der Waals surface area contributed by atoms with Gasteiger partial charge in [-0.25, -0.2) is 4.98 Å². The number of alkyl halides is 3. The maximum atomic E-state index is 12.3. The van der Waals surface area contributed by atoms with Crippen molar-refractivity contribution in [2.75, 3.05) is 17.7 Å². The monoisotopic (exact) mass is 414 g/mol. The minimum atomic E-state index is -4.41. The Labute approximate surface area is 162 Å². The summed E-state index contributed by atoms with van der Waals surface area (Å²) in [6.45, 7) is 0.272. The fourth-order valence-electron chi connectivity index (χ4n) is 2.20. The summed E-state index contributed by atoms with van der Waals surface area (Å²) < 4.78 is 41.6. The molecule has 5 nitrogen and oxygen atoms in total. The van der Waals surface area contributed by atoms with Gasteiger partial charge in [0, 0.05) is 10.7 Å². The Morgan fingerprint density at radius 1 is 1.26 bits per heavy atom. The number of hydrogen-bond donors (Lipinski definition) is 2. The third kappa shape index (κ3) is 5.01. The summed E-state index contributed by atoms with van der Waals surface area (Å²) in [5.41, 5.74) is 7.79.